The van der Waals surface area contributed by atoms with Crippen LogP contribution in [-0.2, 0) is 4.79 Å². The lowest BCUT2D eigenvalue weighted by Gasteiger charge is -2.20. The van der Waals surface area contributed by atoms with Gasteiger partial charge in [0.25, 0.3) is 0 Å². The van der Waals surface area contributed by atoms with Gasteiger partial charge in [-0.25, -0.2) is 0 Å². The first-order valence-corrected chi connectivity index (χ1v) is 6.21. The lowest BCUT2D eigenvalue weighted by Crippen LogP contribution is -2.17. The lowest BCUT2D eigenvalue weighted by atomic mass is 10.2. The van der Waals surface area contributed by atoms with E-state index in [-0.39, 0.29) is 5.91 Å². The maximum Gasteiger partial charge on any atom is 0.225 e. The van der Waals surface area contributed by atoms with Crippen molar-refractivity contribution in [3.63, 3.8) is 0 Å². The van der Waals surface area contributed by atoms with E-state index >= 15 is 0 Å². The monoisotopic (exact) mass is 273 g/mol. The van der Waals surface area contributed by atoms with Crippen LogP contribution in [-0.4, -0.2) is 24.9 Å². The number of halogens is 1. The van der Waals surface area contributed by atoms with Gasteiger partial charge in [0.2, 0.25) is 5.91 Å². The van der Waals surface area contributed by atoms with Crippen LogP contribution in [0.25, 0.3) is 0 Å². The highest BCUT2D eigenvalue weighted by Crippen LogP contribution is 2.39. The van der Waals surface area contributed by atoms with Gasteiger partial charge in [-0.15, -0.1) is 0 Å². The Labute approximate surface area is 110 Å². The molecule has 0 aliphatic carbocycles. The number of hydrogen-bond acceptors (Lipinski definition) is 4. The molecule has 0 aromatic heterocycles. The molecule has 1 aromatic carbocycles. The normalized spacial score (nSPS) is 13.3. The highest BCUT2D eigenvalue weighted by atomic mass is 35.5. The molecule has 0 unspecified atom stereocenters. The number of carbonyl (C=O) groups is 1. The largest absolute Gasteiger partial charge is 0.486 e. The van der Waals surface area contributed by atoms with Gasteiger partial charge in [-0.1, -0.05) is 11.6 Å². The molecule has 0 radical (unpaired) electrons. The summed E-state index contributed by atoms with van der Waals surface area (Å²) in [5.41, 5.74) is 0.603. The van der Waals surface area contributed by atoms with E-state index in [1.807, 2.05) is 0 Å². The zero-order chi connectivity index (χ0) is 12.3. The van der Waals surface area contributed by atoms with Crippen LogP contribution in [0.15, 0.2) is 12.1 Å². The van der Waals surface area contributed by atoms with Crippen LogP contribution in [0.5, 0.6) is 11.5 Å². The van der Waals surface area contributed by atoms with Crippen molar-refractivity contribution in [1.82, 2.24) is 0 Å². The fourth-order valence-electron chi connectivity index (χ4n) is 1.51. The molecule has 0 atom stereocenters. The molecule has 1 N–H and O–H groups in total. The standard InChI is InChI=1S/C11H12ClNO3S/c12-8-5-7(13-10(14)1-4-17)6-9-11(8)16-3-2-15-9/h5-6,17H,1-4H2,(H,13,14). The number of thiol groups is 1. The average molecular weight is 274 g/mol. The predicted molar refractivity (Wildman–Crippen MR) is 69.5 cm³/mol. The van der Waals surface area contributed by atoms with Crippen LogP contribution in [0.4, 0.5) is 5.69 Å². The van der Waals surface area contributed by atoms with Gasteiger partial charge >= 0.3 is 0 Å². The third-order valence-electron chi connectivity index (χ3n) is 2.22. The molecule has 1 amide bonds. The molecule has 6 heteroatoms. The number of carbonyl (C=O) groups excluding carboxylic acids is 1. The molecule has 2 rings (SSSR count). The molecule has 0 fully saturated rings. The molecule has 0 bridgehead atoms. The van der Waals surface area contributed by atoms with Crippen LogP contribution in [0.1, 0.15) is 6.42 Å². The van der Waals surface area contributed by atoms with Gasteiger partial charge < -0.3 is 14.8 Å². The minimum absolute atomic E-state index is 0.104. The molecular formula is C11H12ClNO3S. The van der Waals surface area contributed by atoms with Crippen LogP contribution in [0.2, 0.25) is 5.02 Å². The van der Waals surface area contributed by atoms with Crippen molar-refractivity contribution in [3.8, 4) is 11.5 Å². The van der Waals surface area contributed by atoms with Gasteiger partial charge in [0.1, 0.15) is 13.2 Å². The first-order chi connectivity index (χ1) is 8.20. The molecule has 92 valence electrons. The second-order valence-electron chi connectivity index (χ2n) is 3.50. The minimum Gasteiger partial charge on any atom is -0.486 e. The third-order valence-corrected chi connectivity index (χ3v) is 2.72. The molecule has 1 aliphatic rings. The Morgan fingerprint density at radius 2 is 2.18 bits per heavy atom. The van der Waals surface area contributed by atoms with Gasteiger partial charge in [-0.3, -0.25) is 4.79 Å². The summed E-state index contributed by atoms with van der Waals surface area (Å²) in [4.78, 5) is 11.4. The Morgan fingerprint density at radius 3 is 2.94 bits per heavy atom. The lowest BCUT2D eigenvalue weighted by molar-refractivity contribution is -0.115. The van der Waals surface area contributed by atoms with Crippen LogP contribution in [0.3, 0.4) is 0 Å². The zero-order valence-corrected chi connectivity index (χ0v) is 10.7. The van der Waals surface area contributed by atoms with E-state index in [1.54, 1.807) is 12.1 Å². The predicted octanol–water partition coefficient (Wildman–Crippen LogP) is 2.37. The summed E-state index contributed by atoms with van der Waals surface area (Å²) in [5.74, 6) is 1.49. The van der Waals surface area contributed by atoms with E-state index < -0.39 is 0 Å². The van der Waals surface area contributed by atoms with E-state index in [4.69, 9.17) is 21.1 Å². The molecule has 0 spiro atoms. The summed E-state index contributed by atoms with van der Waals surface area (Å²) >= 11 is 10.0. The molecule has 0 saturated carbocycles. The number of ether oxygens (including phenoxy) is 2. The van der Waals surface area contributed by atoms with Crippen molar-refractivity contribution >= 4 is 35.8 Å². The fourth-order valence-corrected chi connectivity index (χ4v) is 1.98. The molecule has 0 saturated heterocycles. The van der Waals surface area contributed by atoms with Crippen molar-refractivity contribution in [1.29, 1.82) is 0 Å². The van der Waals surface area contributed by atoms with Crippen molar-refractivity contribution in [2.75, 3.05) is 24.3 Å². The number of benzene rings is 1. The van der Waals surface area contributed by atoms with Crippen LogP contribution >= 0.6 is 24.2 Å². The smallest absolute Gasteiger partial charge is 0.225 e. The van der Waals surface area contributed by atoms with Crippen molar-refractivity contribution in [3.05, 3.63) is 17.2 Å². The fraction of sp³-hybridized carbons (Fsp3) is 0.364. The van der Waals surface area contributed by atoms with E-state index in [0.717, 1.165) is 0 Å². The average Bonchev–Trinajstić information content (AvgIpc) is 2.29. The molecule has 4 nitrogen and oxygen atoms in total. The quantitative estimate of drug-likeness (QED) is 0.831. The summed E-state index contributed by atoms with van der Waals surface area (Å²) in [6.45, 7) is 0.968. The number of fused-ring (bicyclic) bond motifs is 1. The van der Waals surface area contributed by atoms with Crippen molar-refractivity contribution in [2.24, 2.45) is 0 Å². The molecular weight excluding hydrogens is 262 g/mol. The Balaban J connectivity index is 2.19. The molecule has 1 aliphatic heterocycles. The van der Waals surface area contributed by atoms with Gasteiger partial charge in [0.15, 0.2) is 11.5 Å². The van der Waals surface area contributed by atoms with E-state index in [2.05, 4.69) is 17.9 Å². The minimum atomic E-state index is -0.104. The Morgan fingerprint density at radius 1 is 1.41 bits per heavy atom. The summed E-state index contributed by atoms with van der Waals surface area (Å²) in [5, 5.41) is 3.16. The highest BCUT2D eigenvalue weighted by molar-refractivity contribution is 7.80. The highest BCUT2D eigenvalue weighted by Gasteiger charge is 2.17. The summed E-state index contributed by atoms with van der Waals surface area (Å²) in [6, 6.07) is 3.35. The number of rotatable bonds is 3. The van der Waals surface area contributed by atoms with E-state index in [9.17, 15) is 4.79 Å². The van der Waals surface area contributed by atoms with Gasteiger partial charge in [0.05, 0.1) is 5.02 Å². The van der Waals surface area contributed by atoms with Gasteiger partial charge in [0, 0.05) is 18.2 Å². The van der Waals surface area contributed by atoms with Crippen molar-refractivity contribution in [2.45, 2.75) is 6.42 Å². The zero-order valence-electron chi connectivity index (χ0n) is 9.03. The van der Waals surface area contributed by atoms with Gasteiger partial charge in [-0.05, 0) is 11.8 Å². The van der Waals surface area contributed by atoms with Crippen LogP contribution < -0.4 is 14.8 Å². The topological polar surface area (TPSA) is 47.6 Å². The number of anilines is 1. The Bertz CT molecular complexity index is 439. The molecule has 1 heterocycles. The van der Waals surface area contributed by atoms with Crippen LogP contribution in [0, 0.1) is 0 Å². The third kappa shape index (κ3) is 2.98. The number of hydrogen-bond donors (Lipinski definition) is 2. The van der Waals surface area contributed by atoms with Gasteiger partial charge in [-0.2, -0.15) is 12.6 Å². The SMILES string of the molecule is O=C(CCS)Nc1cc(Cl)c2c(c1)OCCO2. The Kier molecular flexibility index (Phi) is 4.02. The summed E-state index contributed by atoms with van der Waals surface area (Å²) in [6.07, 6.45) is 0.356. The summed E-state index contributed by atoms with van der Waals surface area (Å²) < 4.78 is 10.8. The number of nitrogens with one attached hydrogen (secondary N) is 1. The van der Waals surface area contributed by atoms with Crippen molar-refractivity contribution < 1.29 is 14.3 Å². The maximum atomic E-state index is 11.4. The first kappa shape index (κ1) is 12.4. The maximum absolute atomic E-state index is 11.4. The molecule has 17 heavy (non-hydrogen) atoms. The van der Waals surface area contributed by atoms with E-state index in [0.29, 0.717) is 47.6 Å². The van der Waals surface area contributed by atoms with E-state index in [1.165, 1.54) is 0 Å². The summed E-state index contributed by atoms with van der Waals surface area (Å²) in [7, 11) is 0. The number of amides is 1. The second-order valence-corrected chi connectivity index (χ2v) is 4.36. The second kappa shape index (κ2) is 5.51. The Hall–Kier alpha value is -1.07. The molecule has 1 aromatic rings. The first-order valence-electron chi connectivity index (χ1n) is 5.20.